The molecule has 0 aliphatic heterocycles. The summed E-state index contributed by atoms with van der Waals surface area (Å²) in [5, 5.41) is 8.87. The van der Waals surface area contributed by atoms with Gasteiger partial charge in [0.25, 0.3) is 0 Å². The van der Waals surface area contributed by atoms with E-state index in [-0.39, 0.29) is 0 Å². The Balaban J connectivity index is 1.98. The highest BCUT2D eigenvalue weighted by Crippen LogP contribution is 2.36. The number of hydrogen-bond donors (Lipinski definition) is 2. The van der Waals surface area contributed by atoms with Crippen molar-refractivity contribution in [3.8, 4) is 28.4 Å². The molecule has 0 unspecified atom stereocenters. The number of hydrogen-bond acceptors (Lipinski definition) is 4. The Morgan fingerprint density at radius 3 is 2.17 bits per heavy atom. The van der Waals surface area contributed by atoms with Gasteiger partial charge >= 0.3 is 0 Å². The zero-order chi connectivity index (χ0) is 16.1. The van der Waals surface area contributed by atoms with Crippen molar-refractivity contribution >= 4 is 5.69 Å². The SMILES string of the molecule is COc1ccc(-c2ccccc2)c(Oc2ccc(NO)cc2)c1. The largest absolute Gasteiger partial charge is 0.497 e. The second-order valence-corrected chi connectivity index (χ2v) is 4.97. The van der Waals surface area contributed by atoms with E-state index in [1.165, 1.54) is 0 Å². The maximum Gasteiger partial charge on any atom is 0.138 e. The standard InChI is InChI=1S/C19H17NO3/c1-22-17-11-12-18(14-5-3-2-4-6-14)19(13-17)23-16-9-7-15(20-21)8-10-16/h2-13,20-21H,1H3. The smallest absolute Gasteiger partial charge is 0.138 e. The molecule has 0 amide bonds. The third-order valence-electron chi connectivity index (χ3n) is 3.48. The van der Waals surface area contributed by atoms with Crippen molar-refractivity contribution in [1.29, 1.82) is 0 Å². The zero-order valence-corrected chi connectivity index (χ0v) is 12.7. The molecule has 0 saturated carbocycles. The summed E-state index contributed by atoms with van der Waals surface area (Å²) in [5.41, 5.74) is 4.75. The topological polar surface area (TPSA) is 50.7 Å². The molecule has 0 bridgehead atoms. The van der Waals surface area contributed by atoms with E-state index in [4.69, 9.17) is 14.7 Å². The van der Waals surface area contributed by atoms with Crippen LogP contribution in [0.15, 0.2) is 72.8 Å². The second kappa shape index (κ2) is 6.85. The Hall–Kier alpha value is -2.98. The molecule has 0 saturated heterocycles. The van der Waals surface area contributed by atoms with Gasteiger partial charge in [-0.15, -0.1) is 0 Å². The molecular weight excluding hydrogens is 290 g/mol. The molecule has 0 radical (unpaired) electrons. The number of anilines is 1. The van der Waals surface area contributed by atoms with E-state index in [1.54, 1.807) is 31.4 Å². The van der Waals surface area contributed by atoms with E-state index in [9.17, 15) is 0 Å². The van der Waals surface area contributed by atoms with Crippen LogP contribution in [0.1, 0.15) is 0 Å². The van der Waals surface area contributed by atoms with Crippen LogP contribution in [-0.4, -0.2) is 12.3 Å². The van der Waals surface area contributed by atoms with Crippen molar-refractivity contribution in [2.24, 2.45) is 0 Å². The summed E-state index contributed by atoms with van der Waals surface area (Å²) in [7, 11) is 1.63. The Labute approximate surface area is 134 Å². The van der Waals surface area contributed by atoms with Crippen LogP contribution in [0.5, 0.6) is 17.2 Å². The average Bonchev–Trinajstić information content (AvgIpc) is 2.63. The molecular formula is C19H17NO3. The first-order valence-electron chi connectivity index (χ1n) is 7.21. The van der Waals surface area contributed by atoms with Crippen molar-refractivity contribution in [3.63, 3.8) is 0 Å². The number of benzene rings is 3. The summed E-state index contributed by atoms with van der Waals surface area (Å²) in [4.78, 5) is 0. The van der Waals surface area contributed by atoms with E-state index < -0.39 is 0 Å². The lowest BCUT2D eigenvalue weighted by Crippen LogP contribution is -1.92. The molecule has 116 valence electrons. The van der Waals surface area contributed by atoms with Crippen molar-refractivity contribution in [2.45, 2.75) is 0 Å². The molecule has 4 heteroatoms. The minimum absolute atomic E-state index is 0.603. The van der Waals surface area contributed by atoms with Crippen LogP contribution in [0.25, 0.3) is 11.1 Å². The van der Waals surface area contributed by atoms with Crippen molar-refractivity contribution in [3.05, 3.63) is 72.8 Å². The molecule has 0 aliphatic rings. The zero-order valence-electron chi connectivity index (χ0n) is 12.7. The molecule has 3 aromatic rings. The predicted octanol–water partition coefficient (Wildman–Crippen LogP) is 4.96. The van der Waals surface area contributed by atoms with Gasteiger partial charge in [0, 0.05) is 11.6 Å². The van der Waals surface area contributed by atoms with Crippen LogP contribution < -0.4 is 15.0 Å². The molecule has 0 heterocycles. The summed E-state index contributed by atoms with van der Waals surface area (Å²) in [6.07, 6.45) is 0. The Morgan fingerprint density at radius 1 is 0.826 bits per heavy atom. The van der Waals surface area contributed by atoms with Gasteiger partial charge in [-0.25, -0.2) is 0 Å². The van der Waals surface area contributed by atoms with E-state index in [0.29, 0.717) is 17.2 Å². The Bertz CT molecular complexity index is 770. The highest BCUT2D eigenvalue weighted by molar-refractivity contribution is 5.72. The van der Waals surface area contributed by atoms with Crippen LogP contribution in [0.3, 0.4) is 0 Å². The van der Waals surface area contributed by atoms with E-state index in [0.717, 1.165) is 16.9 Å². The molecule has 0 fully saturated rings. The number of rotatable bonds is 5. The predicted molar refractivity (Wildman–Crippen MR) is 90.4 cm³/mol. The number of ether oxygens (including phenoxy) is 2. The third kappa shape index (κ3) is 3.44. The highest BCUT2D eigenvalue weighted by atomic mass is 16.5. The van der Waals surface area contributed by atoms with Gasteiger partial charge in [0.15, 0.2) is 0 Å². The fourth-order valence-corrected chi connectivity index (χ4v) is 2.29. The minimum Gasteiger partial charge on any atom is -0.497 e. The molecule has 3 aromatic carbocycles. The number of nitrogens with one attached hydrogen (secondary N) is 1. The first-order valence-corrected chi connectivity index (χ1v) is 7.21. The fraction of sp³-hybridized carbons (Fsp3) is 0.0526. The molecule has 2 N–H and O–H groups in total. The summed E-state index contributed by atoms with van der Waals surface area (Å²) >= 11 is 0. The Kier molecular flexibility index (Phi) is 4.45. The maximum atomic E-state index is 8.87. The van der Waals surface area contributed by atoms with Gasteiger partial charge in [-0.05, 0) is 42.0 Å². The normalized spacial score (nSPS) is 10.2. The maximum absolute atomic E-state index is 8.87. The molecule has 23 heavy (non-hydrogen) atoms. The quantitative estimate of drug-likeness (QED) is 0.654. The summed E-state index contributed by atoms with van der Waals surface area (Å²) < 4.78 is 11.3. The molecule has 0 spiro atoms. The van der Waals surface area contributed by atoms with Gasteiger partial charge in [-0.2, -0.15) is 0 Å². The fourth-order valence-electron chi connectivity index (χ4n) is 2.29. The first kappa shape index (κ1) is 14.9. The van der Waals surface area contributed by atoms with Gasteiger partial charge in [0.1, 0.15) is 17.2 Å². The first-order chi connectivity index (χ1) is 11.3. The molecule has 0 atom stereocenters. The highest BCUT2D eigenvalue weighted by Gasteiger charge is 2.09. The third-order valence-corrected chi connectivity index (χ3v) is 3.48. The van der Waals surface area contributed by atoms with Crippen LogP contribution in [-0.2, 0) is 0 Å². The van der Waals surface area contributed by atoms with Gasteiger partial charge < -0.3 is 9.47 Å². The summed E-state index contributed by atoms with van der Waals surface area (Å²) in [6.45, 7) is 0. The van der Waals surface area contributed by atoms with Crippen molar-refractivity contribution < 1.29 is 14.7 Å². The van der Waals surface area contributed by atoms with Crippen molar-refractivity contribution in [2.75, 3.05) is 12.6 Å². The average molecular weight is 307 g/mol. The summed E-state index contributed by atoms with van der Waals surface area (Å²) in [6, 6.07) is 22.8. The van der Waals surface area contributed by atoms with Crippen LogP contribution >= 0.6 is 0 Å². The van der Waals surface area contributed by atoms with Gasteiger partial charge in [0.2, 0.25) is 0 Å². The van der Waals surface area contributed by atoms with Crippen LogP contribution in [0, 0.1) is 0 Å². The summed E-state index contributed by atoms with van der Waals surface area (Å²) in [5.74, 6) is 2.11. The van der Waals surface area contributed by atoms with Crippen molar-refractivity contribution in [1.82, 2.24) is 0 Å². The van der Waals surface area contributed by atoms with Gasteiger partial charge in [0.05, 0.1) is 12.8 Å². The minimum atomic E-state index is 0.603. The van der Waals surface area contributed by atoms with E-state index >= 15 is 0 Å². The molecule has 4 nitrogen and oxygen atoms in total. The molecule has 3 rings (SSSR count). The lowest BCUT2D eigenvalue weighted by molar-refractivity contribution is 0.388. The Morgan fingerprint density at radius 2 is 1.52 bits per heavy atom. The van der Waals surface area contributed by atoms with E-state index in [1.807, 2.05) is 48.5 Å². The molecule has 0 aromatic heterocycles. The van der Waals surface area contributed by atoms with Crippen LogP contribution in [0.4, 0.5) is 5.69 Å². The number of methoxy groups -OCH3 is 1. The van der Waals surface area contributed by atoms with Gasteiger partial charge in [-0.1, -0.05) is 30.3 Å². The second-order valence-electron chi connectivity index (χ2n) is 4.97. The lowest BCUT2D eigenvalue weighted by atomic mass is 10.0. The molecule has 0 aliphatic carbocycles. The van der Waals surface area contributed by atoms with E-state index in [2.05, 4.69) is 5.48 Å². The van der Waals surface area contributed by atoms with Gasteiger partial charge in [-0.3, -0.25) is 10.7 Å². The van der Waals surface area contributed by atoms with Crippen LogP contribution in [0.2, 0.25) is 0 Å². The lowest BCUT2D eigenvalue weighted by Gasteiger charge is -2.13. The monoisotopic (exact) mass is 307 g/mol.